The van der Waals surface area contributed by atoms with Crippen LogP contribution in [0, 0.1) is 11.7 Å². The Morgan fingerprint density at radius 2 is 1.81 bits per heavy atom. The molecule has 0 aromatic heterocycles. The van der Waals surface area contributed by atoms with Gasteiger partial charge in [-0.3, -0.25) is 14.5 Å². The van der Waals surface area contributed by atoms with E-state index in [1.165, 1.54) is 19.1 Å². The summed E-state index contributed by atoms with van der Waals surface area (Å²) in [6.45, 7) is 6.00. The number of rotatable bonds is 7. The van der Waals surface area contributed by atoms with Crippen molar-refractivity contribution in [1.82, 2.24) is 10.2 Å². The standard InChI is InChI=1S/C16H23FN2O2/c1-11(2)16(12(3)20)18-15(21)10-19(4)9-13-5-7-14(17)8-6-13/h5-8,11,16H,9-10H2,1-4H3,(H,18,21). The molecule has 1 atom stereocenters. The number of carbonyl (C=O) groups is 2. The molecule has 1 N–H and O–H groups in total. The van der Waals surface area contributed by atoms with Gasteiger partial charge in [-0.25, -0.2) is 4.39 Å². The van der Waals surface area contributed by atoms with E-state index in [2.05, 4.69) is 5.32 Å². The number of halogens is 1. The molecule has 0 spiro atoms. The maximum absolute atomic E-state index is 12.8. The lowest BCUT2D eigenvalue weighted by Crippen LogP contribution is -2.46. The van der Waals surface area contributed by atoms with Crippen molar-refractivity contribution in [1.29, 1.82) is 0 Å². The molecule has 1 rings (SSSR count). The number of hydrogen-bond donors (Lipinski definition) is 1. The second-order valence-electron chi connectivity index (χ2n) is 5.70. The predicted octanol–water partition coefficient (Wildman–Crippen LogP) is 1.99. The van der Waals surface area contributed by atoms with Crippen molar-refractivity contribution < 1.29 is 14.0 Å². The Hall–Kier alpha value is -1.75. The maximum Gasteiger partial charge on any atom is 0.234 e. The lowest BCUT2D eigenvalue weighted by atomic mass is 10.0. The van der Waals surface area contributed by atoms with E-state index < -0.39 is 6.04 Å². The minimum Gasteiger partial charge on any atom is -0.345 e. The van der Waals surface area contributed by atoms with Gasteiger partial charge in [-0.05, 0) is 37.6 Å². The molecule has 21 heavy (non-hydrogen) atoms. The van der Waals surface area contributed by atoms with Gasteiger partial charge in [-0.1, -0.05) is 26.0 Å². The Kier molecular flexibility index (Phi) is 6.49. The van der Waals surface area contributed by atoms with E-state index in [1.54, 1.807) is 19.2 Å². The third kappa shape index (κ3) is 6.04. The average molecular weight is 294 g/mol. The first-order valence-electron chi connectivity index (χ1n) is 7.02. The molecular weight excluding hydrogens is 271 g/mol. The second kappa shape index (κ2) is 7.88. The van der Waals surface area contributed by atoms with Gasteiger partial charge in [0.1, 0.15) is 5.82 Å². The third-order valence-corrected chi connectivity index (χ3v) is 3.20. The van der Waals surface area contributed by atoms with Gasteiger partial charge in [0.15, 0.2) is 5.78 Å². The van der Waals surface area contributed by atoms with E-state index in [-0.39, 0.29) is 30.0 Å². The van der Waals surface area contributed by atoms with E-state index in [4.69, 9.17) is 0 Å². The second-order valence-corrected chi connectivity index (χ2v) is 5.70. The summed E-state index contributed by atoms with van der Waals surface area (Å²) in [5.74, 6) is -0.442. The minimum absolute atomic E-state index is 0.0421. The Morgan fingerprint density at radius 3 is 2.29 bits per heavy atom. The quantitative estimate of drug-likeness (QED) is 0.836. The van der Waals surface area contributed by atoms with Gasteiger partial charge in [-0.2, -0.15) is 0 Å². The highest BCUT2D eigenvalue weighted by atomic mass is 19.1. The number of ketones is 1. The van der Waals surface area contributed by atoms with Gasteiger partial charge in [0.25, 0.3) is 0 Å². The summed E-state index contributed by atoms with van der Waals surface area (Å²) in [7, 11) is 1.81. The Bertz CT molecular complexity index is 486. The molecule has 5 heteroatoms. The summed E-state index contributed by atoms with van der Waals surface area (Å²) in [6, 6.07) is 5.73. The number of benzene rings is 1. The van der Waals surface area contributed by atoms with Crippen LogP contribution in [0.5, 0.6) is 0 Å². The molecule has 0 aliphatic heterocycles. The summed E-state index contributed by atoms with van der Waals surface area (Å²) in [4.78, 5) is 25.2. The van der Waals surface area contributed by atoms with Crippen LogP contribution in [-0.4, -0.2) is 36.2 Å². The fraction of sp³-hybridized carbons (Fsp3) is 0.500. The minimum atomic E-state index is -0.447. The molecule has 0 aliphatic carbocycles. The van der Waals surface area contributed by atoms with Crippen molar-refractivity contribution in [2.75, 3.05) is 13.6 Å². The number of nitrogens with one attached hydrogen (secondary N) is 1. The third-order valence-electron chi connectivity index (χ3n) is 3.20. The van der Waals surface area contributed by atoms with Crippen molar-refractivity contribution >= 4 is 11.7 Å². The SMILES string of the molecule is CC(=O)C(NC(=O)CN(C)Cc1ccc(F)cc1)C(C)C. The molecule has 0 aliphatic rings. The van der Waals surface area contributed by atoms with Crippen LogP contribution in [0.25, 0.3) is 0 Å². The van der Waals surface area contributed by atoms with Crippen LogP contribution in [0.3, 0.4) is 0 Å². The molecule has 0 bridgehead atoms. The molecule has 0 heterocycles. The molecular formula is C16H23FN2O2. The highest BCUT2D eigenvalue weighted by Crippen LogP contribution is 2.06. The molecule has 4 nitrogen and oxygen atoms in total. The van der Waals surface area contributed by atoms with Crippen LogP contribution in [-0.2, 0) is 16.1 Å². The number of likely N-dealkylation sites (N-methyl/N-ethyl adjacent to an activating group) is 1. The van der Waals surface area contributed by atoms with E-state index in [0.717, 1.165) is 5.56 Å². The van der Waals surface area contributed by atoms with Crippen LogP contribution in [0.4, 0.5) is 4.39 Å². The summed E-state index contributed by atoms with van der Waals surface area (Å²) in [5, 5.41) is 2.75. The van der Waals surface area contributed by atoms with E-state index >= 15 is 0 Å². The van der Waals surface area contributed by atoms with Crippen LogP contribution in [0.15, 0.2) is 24.3 Å². The van der Waals surface area contributed by atoms with Gasteiger partial charge in [0.05, 0.1) is 12.6 Å². The van der Waals surface area contributed by atoms with Crippen molar-refractivity contribution in [3.8, 4) is 0 Å². The summed E-state index contributed by atoms with van der Waals surface area (Å²) >= 11 is 0. The van der Waals surface area contributed by atoms with Gasteiger partial charge >= 0.3 is 0 Å². The summed E-state index contributed by atoms with van der Waals surface area (Å²) in [6.07, 6.45) is 0. The number of carbonyl (C=O) groups excluding carboxylic acids is 2. The normalized spacial score (nSPS) is 12.5. The Morgan fingerprint density at radius 1 is 1.24 bits per heavy atom. The number of nitrogens with zero attached hydrogens (tertiary/aromatic N) is 1. The zero-order valence-corrected chi connectivity index (χ0v) is 13.0. The number of hydrogen-bond acceptors (Lipinski definition) is 3. The molecule has 1 amide bonds. The molecule has 0 radical (unpaired) electrons. The van der Waals surface area contributed by atoms with Gasteiger partial charge in [-0.15, -0.1) is 0 Å². The molecule has 0 fully saturated rings. The largest absolute Gasteiger partial charge is 0.345 e. The van der Waals surface area contributed by atoms with Crippen molar-refractivity contribution in [2.45, 2.75) is 33.4 Å². The zero-order valence-electron chi connectivity index (χ0n) is 13.0. The van der Waals surface area contributed by atoms with E-state index in [1.807, 2.05) is 18.7 Å². The molecule has 1 aromatic carbocycles. The maximum atomic E-state index is 12.8. The van der Waals surface area contributed by atoms with Crippen molar-refractivity contribution in [2.24, 2.45) is 5.92 Å². The van der Waals surface area contributed by atoms with Gasteiger partial charge < -0.3 is 5.32 Å². The van der Waals surface area contributed by atoms with E-state index in [0.29, 0.717) is 6.54 Å². The van der Waals surface area contributed by atoms with Gasteiger partial charge in [0.2, 0.25) is 5.91 Å². The first-order valence-corrected chi connectivity index (χ1v) is 7.02. The highest BCUT2D eigenvalue weighted by molar-refractivity contribution is 5.88. The van der Waals surface area contributed by atoms with Gasteiger partial charge in [0, 0.05) is 6.54 Å². The summed E-state index contributed by atoms with van der Waals surface area (Å²) in [5.41, 5.74) is 0.929. The smallest absolute Gasteiger partial charge is 0.234 e. The van der Waals surface area contributed by atoms with Crippen LogP contribution < -0.4 is 5.32 Å². The summed E-state index contributed by atoms with van der Waals surface area (Å²) < 4.78 is 12.8. The van der Waals surface area contributed by atoms with Crippen LogP contribution in [0.2, 0.25) is 0 Å². The fourth-order valence-electron chi connectivity index (χ4n) is 2.16. The van der Waals surface area contributed by atoms with Crippen molar-refractivity contribution in [3.63, 3.8) is 0 Å². The molecule has 1 unspecified atom stereocenters. The fourth-order valence-corrected chi connectivity index (χ4v) is 2.16. The topological polar surface area (TPSA) is 49.4 Å². The van der Waals surface area contributed by atoms with E-state index in [9.17, 15) is 14.0 Å². The number of Topliss-reactive ketones (excluding diaryl/α,β-unsaturated/α-hetero) is 1. The molecule has 0 saturated carbocycles. The zero-order chi connectivity index (χ0) is 16.0. The Labute approximate surface area is 125 Å². The van der Waals surface area contributed by atoms with Crippen LogP contribution in [0.1, 0.15) is 26.3 Å². The van der Waals surface area contributed by atoms with Crippen molar-refractivity contribution in [3.05, 3.63) is 35.6 Å². The number of amides is 1. The monoisotopic (exact) mass is 294 g/mol. The predicted molar refractivity (Wildman–Crippen MR) is 80.2 cm³/mol. The first-order chi connectivity index (χ1) is 9.79. The lowest BCUT2D eigenvalue weighted by Gasteiger charge is -2.22. The highest BCUT2D eigenvalue weighted by Gasteiger charge is 2.20. The first kappa shape index (κ1) is 17.3. The van der Waals surface area contributed by atoms with Crippen LogP contribution >= 0.6 is 0 Å². The molecule has 1 aromatic rings. The lowest BCUT2D eigenvalue weighted by molar-refractivity contribution is -0.128. The average Bonchev–Trinajstić information content (AvgIpc) is 2.38. The molecule has 0 saturated heterocycles. The molecule has 116 valence electrons. The Balaban J connectivity index is 2.50.